The number of aromatic nitrogens is 2. The molecule has 0 bridgehead atoms. The fourth-order valence-electron chi connectivity index (χ4n) is 2.23. The number of amides is 1. The lowest BCUT2D eigenvalue weighted by Gasteiger charge is -2.12. The summed E-state index contributed by atoms with van der Waals surface area (Å²) in [6.07, 6.45) is 3.48. The fourth-order valence-corrected chi connectivity index (χ4v) is 2.46. The van der Waals surface area contributed by atoms with Crippen molar-refractivity contribution in [1.82, 2.24) is 9.78 Å². The molecule has 3 rings (SSSR count). The average Bonchev–Trinajstić information content (AvgIpc) is 3.04. The molecule has 1 N–H and O–H groups in total. The van der Waals surface area contributed by atoms with Crippen molar-refractivity contribution in [1.29, 1.82) is 0 Å². The number of benzene rings is 2. The zero-order chi connectivity index (χ0) is 15.5. The van der Waals surface area contributed by atoms with Gasteiger partial charge in [-0.3, -0.25) is 4.79 Å². The number of carbonyl (C=O) groups is 1. The molecule has 0 fully saturated rings. The first-order valence-electron chi connectivity index (χ1n) is 6.82. The van der Waals surface area contributed by atoms with Crippen LogP contribution in [0.25, 0.3) is 5.69 Å². The Bertz CT molecular complexity index is 813. The fraction of sp³-hybridized carbons (Fsp3) is 0.0588. The predicted octanol–water partition coefficient (Wildman–Crippen LogP) is 4.09. The minimum atomic E-state index is -0.184. The molecule has 4 nitrogen and oxygen atoms in total. The van der Waals surface area contributed by atoms with Gasteiger partial charge in [-0.25, -0.2) is 4.68 Å². The summed E-state index contributed by atoms with van der Waals surface area (Å²) in [6, 6.07) is 14.5. The number of carbonyl (C=O) groups excluding carboxylic acids is 1. The molecule has 0 aliphatic carbocycles. The molecule has 5 heteroatoms. The number of hydrogen-bond donors (Lipinski definition) is 1. The van der Waals surface area contributed by atoms with Crippen LogP contribution in [-0.2, 0) is 0 Å². The van der Waals surface area contributed by atoms with Crippen molar-refractivity contribution >= 4 is 23.2 Å². The zero-order valence-corrected chi connectivity index (χ0v) is 12.7. The van der Waals surface area contributed by atoms with E-state index in [0.29, 0.717) is 10.6 Å². The van der Waals surface area contributed by atoms with E-state index >= 15 is 0 Å². The van der Waals surface area contributed by atoms with E-state index in [4.69, 9.17) is 11.6 Å². The lowest BCUT2D eigenvalue weighted by molar-refractivity contribution is 0.102. The molecule has 0 saturated heterocycles. The summed E-state index contributed by atoms with van der Waals surface area (Å²) in [4.78, 5) is 12.6. The molecule has 0 saturated carbocycles. The second kappa shape index (κ2) is 6.03. The van der Waals surface area contributed by atoms with Crippen LogP contribution in [0, 0.1) is 6.92 Å². The van der Waals surface area contributed by atoms with Crippen molar-refractivity contribution in [2.45, 2.75) is 6.92 Å². The van der Waals surface area contributed by atoms with E-state index < -0.39 is 0 Å². The van der Waals surface area contributed by atoms with Gasteiger partial charge in [0.2, 0.25) is 0 Å². The first-order chi connectivity index (χ1) is 10.6. The number of anilines is 1. The van der Waals surface area contributed by atoms with Gasteiger partial charge >= 0.3 is 0 Å². The second-order valence-electron chi connectivity index (χ2n) is 4.88. The van der Waals surface area contributed by atoms with Crippen LogP contribution in [0.2, 0.25) is 5.02 Å². The number of halogens is 1. The summed E-state index contributed by atoms with van der Waals surface area (Å²) in [5.74, 6) is -0.184. The number of rotatable bonds is 3. The largest absolute Gasteiger partial charge is 0.322 e. The summed E-state index contributed by atoms with van der Waals surface area (Å²) in [6.45, 7) is 1.90. The maximum atomic E-state index is 12.6. The highest BCUT2D eigenvalue weighted by atomic mass is 35.5. The molecule has 22 heavy (non-hydrogen) atoms. The van der Waals surface area contributed by atoms with Gasteiger partial charge in [0.05, 0.1) is 11.3 Å². The Morgan fingerprint density at radius 2 is 2.00 bits per heavy atom. The van der Waals surface area contributed by atoms with Gasteiger partial charge < -0.3 is 5.32 Å². The van der Waals surface area contributed by atoms with Gasteiger partial charge in [-0.15, -0.1) is 0 Å². The molecule has 0 radical (unpaired) electrons. The number of hydrogen-bond acceptors (Lipinski definition) is 2. The minimum Gasteiger partial charge on any atom is -0.322 e. The monoisotopic (exact) mass is 311 g/mol. The molecule has 3 aromatic rings. The molecule has 0 aliphatic rings. The van der Waals surface area contributed by atoms with E-state index in [-0.39, 0.29) is 5.91 Å². The van der Waals surface area contributed by atoms with Gasteiger partial charge in [0.15, 0.2) is 0 Å². The van der Waals surface area contributed by atoms with Crippen LogP contribution >= 0.6 is 11.6 Å². The van der Waals surface area contributed by atoms with E-state index in [0.717, 1.165) is 16.9 Å². The Kier molecular flexibility index (Phi) is 3.94. The summed E-state index contributed by atoms with van der Waals surface area (Å²) in [7, 11) is 0. The SMILES string of the molecule is Cc1cc(Cl)ccc1NC(=O)c1ccccc1-n1cccn1. The van der Waals surface area contributed by atoms with E-state index in [1.165, 1.54) is 0 Å². The Morgan fingerprint density at radius 3 is 2.73 bits per heavy atom. The Balaban J connectivity index is 1.93. The maximum Gasteiger partial charge on any atom is 0.257 e. The van der Waals surface area contributed by atoms with Gasteiger partial charge in [-0.1, -0.05) is 23.7 Å². The minimum absolute atomic E-state index is 0.184. The topological polar surface area (TPSA) is 46.9 Å². The highest BCUT2D eigenvalue weighted by Gasteiger charge is 2.13. The Hall–Kier alpha value is -2.59. The van der Waals surface area contributed by atoms with Crippen molar-refractivity contribution < 1.29 is 4.79 Å². The molecule has 0 unspecified atom stereocenters. The lowest BCUT2D eigenvalue weighted by atomic mass is 10.1. The standard InChI is InChI=1S/C17H14ClN3O/c1-12-11-13(18)7-8-15(12)20-17(22)14-5-2-3-6-16(14)21-10-4-9-19-21/h2-11H,1H3,(H,20,22). The maximum absolute atomic E-state index is 12.6. The number of para-hydroxylation sites is 1. The normalized spacial score (nSPS) is 10.5. The van der Waals surface area contributed by atoms with Crippen LogP contribution in [0.3, 0.4) is 0 Å². The molecular formula is C17H14ClN3O. The van der Waals surface area contributed by atoms with Crippen LogP contribution in [0.1, 0.15) is 15.9 Å². The van der Waals surface area contributed by atoms with Crippen LogP contribution < -0.4 is 5.32 Å². The Labute approximate surface area is 133 Å². The summed E-state index contributed by atoms with van der Waals surface area (Å²) in [5.41, 5.74) is 2.94. The number of nitrogens with one attached hydrogen (secondary N) is 1. The van der Waals surface area contributed by atoms with Crippen molar-refractivity contribution in [2.24, 2.45) is 0 Å². The molecule has 0 atom stereocenters. The average molecular weight is 312 g/mol. The summed E-state index contributed by atoms with van der Waals surface area (Å²) >= 11 is 5.94. The van der Waals surface area contributed by atoms with E-state index in [1.807, 2.05) is 37.3 Å². The van der Waals surface area contributed by atoms with Gasteiger partial charge in [0.1, 0.15) is 0 Å². The molecule has 110 valence electrons. The molecule has 0 aliphatic heterocycles. The highest BCUT2D eigenvalue weighted by Crippen LogP contribution is 2.21. The lowest BCUT2D eigenvalue weighted by Crippen LogP contribution is -2.15. The first kappa shape index (κ1) is 14.4. The van der Waals surface area contributed by atoms with Crippen LogP contribution in [-0.4, -0.2) is 15.7 Å². The summed E-state index contributed by atoms with van der Waals surface area (Å²) in [5, 5.41) is 7.75. The van der Waals surface area contributed by atoms with Gasteiger partial charge in [-0.2, -0.15) is 5.10 Å². The second-order valence-corrected chi connectivity index (χ2v) is 5.32. The van der Waals surface area contributed by atoms with E-state index in [9.17, 15) is 4.79 Å². The quantitative estimate of drug-likeness (QED) is 0.792. The first-order valence-corrected chi connectivity index (χ1v) is 7.19. The van der Waals surface area contributed by atoms with Gasteiger partial charge in [0, 0.05) is 23.1 Å². The highest BCUT2D eigenvalue weighted by molar-refractivity contribution is 6.30. The van der Waals surface area contributed by atoms with Crippen molar-refractivity contribution in [3.63, 3.8) is 0 Å². The van der Waals surface area contributed by atoms with Crippen molar-refractivity contribution in [3.05, 3.63) is 77.1 Å². The molecule has 2 aromatic carbocycles. The molecule has 0 spiro atoms. The smallest absolute Gasteiger partial charge is 0.257 e. The van der Waals surface area contributed by atoms with Gasteiger partial charge in [0.25, 0.3) is 5.91 Å². The predicted molar refractivity (Wildman–Crippen MR) is 87.7 cm³/mol. The molecule has 1 aromatic heterocycles. The molecule has 1 amide bonds. The van der Waals surface area contributed by atoms with Crippen molar-refractivity contribution in [3.8, 4) is 5.69 Å². The number of aryl methyl sites for hydroxylation is 1. The van der Waals surface area contributed by atoms with Crippen LogP contribution in [0.15, 0.2) is 60.9 Å². The van der Waals surface area contributed by atoms with Crippen LogP contribution in [0.4, 0.5) is 5.69 Å². The van der Waals surface area contributed by atoms with Gasteiger partial charge in [-0.05, 0) is 48.9 Å². The number of nitrogens with zero attached hydrogens (tertiary/aromatic N) is 2. The molecular weight excluding hydrogens is 298 g/mol. The Morgan fingerprint density at radius 1 is 1.18 bits per heavy atom. The van der Waals surface area contributed by atoms with E-state index in [2.05, 4.69) is 10.4 Å². The molecule has 1 heterocycles. The summed E-state index contributed by atoms with van der Waals surface area (Å²) < 4.78 is 1.67. The van der Waals surface area contributed by atoms with E-state index in [1.54, 1.807) is 35.3 Å². The van der Waals surface area contributed by atoms with Crippen molar-refractivity contribution in [2.75, 3.05) is 5.32 Å². The zero-order valence-electron chi connectivity index (χ0n) is 12.0. The third-order valence-electron chi connectivity index (χ3n) is 3.34. The third kappa shape index (κ3) is 2.87. The third-order valence-corrected chi connectivity index (χ3v) is 3.57. The van der Waals surface area contributed by atoms with Crippen LogP contribution in [0.5, 0.6) is 0 Å².